The molecule has 0 fully saturated rings. The van der Waals surface area contributed by atoms with Gasteiger partial charge in [-0.05, 0) is 96.5 Å². The Hall–Kier alpha value is -7.18. The molecule has 0 spiro atoms. The molecular weight excluding hydrogens is 727 g/mol. The maximum Gasteiger partial charge on any atom is 0.197 e. The highest BCUT2D eigenvalue weighted by Gasteiger charge is 2.32. The molecule has 59 heavy (non-hydrogen) atoms. The molecule has 2 aliphatic rings. The van der Waals surface area contributed by atoms with Gasteiger partial charge in [0.05, 0.1) is 23.5 Å². The molecule has 1 atom stereocenters. The second-order valence-corrected chi connectivity index (χ2v) is 16.5. The SMILES string of the molecule is COc1cc2c3c4ccccc4c4c5c(oc4c3n(-c3nc(-c4cc(C)cc(C)c4)nc4c3oc3ccc6ccccc6c34)c2c2ccccc12)C=C1C=CCCC1C5. The summed E-state index contributed by atoms with van der Waals surface area (Å²) in [7, 11) is 1.76. The molecule has 0 saturated heterocycles. The summed E-state index contributed by atoms with van der Waals surface area (Å²) in [6.45, 7) is 4.26. The van der Waals surface area contributed by atoms with Crippen molar-refractivity contribution in [2.24, 2.45) is 5.92 Å². The first-order chi connectivity index (χ1) is 29.0. The molecule has 6 nitrogen and oxygen atoms in total. The van der Waals surface area contributed by atoms with Crippen LogP contribution in [0.3, 0.4) is 0 Å². The smallest absolute Gasteiger partial charge is 0.197 e. The van der Waals surface area contributed by atoms with Crippen molar-refractivity contribution in [2.75, 3.05) is 7.11 Å². The van der Waals surface area contributed by atoms with Crippen LogP contribution < -0.4 is 4.74 Å². The molecule has 0 bridgehead atoms. The van der Waals surface area contributed by atoms with E-state index in [-0.39, 0.29) is 0 Å². The maximum atomic E-state index is 7.26. The number of benzene rings is 7. The van der Waals surface area contributed by atoms with Gasteiger partial charge in [0.25, 0.3) is 0 Å². The quantitative estimate of drug-likeness (QED) is 0.179. The summed E-state index contributed by atoms with van der Waals surface area (Å²) in [5.74, 6) is 3.53. The normalized spacial score (nSPS) is 15.4. The molecule has 0 radical (unpaired) electrons. The van der Waals surface area contributed by atoms with E-state index in [1.54, 1.807) is 7.11 Å². The summed E-state index contributed by atoms with van der Waals surface area (Å²) in [6.07, 6.45) is 10.1. The number of aromatic nitrogens is 3. The number of methoxy groups -OCH3 is 1. The van der Waals surface area contributed by atoms with E-state index in [1.165, 1.54) is 21.9 Å². The van der Waals surface area contributed by atoms with Crippen molar-refractivity contribution in [2.45, 2.75) is 33.1 Å². The Bertz CT molecular complexity index is 3710. The lowest BCUT2D eigenvalue weighted by Crippen LogP contribution is -2.13. The number of ether oxygens (including phenoxy) is 1. The first kappa shape index (κ1) is 32.9. The van der Waals surface area contributed by atoms with Gasteiger partial charge in [-0.25, -0.2) is 9.97 Å². The number of aryl methyl sites for hydroxylation is 2. The first-order valence-corrected chi connectivity index (χ1v) is 20.5. The Kier molecular flexibility index (Phi) is 6.64. The topological polar surface area (TPSA) is 66.2 Å². The third-order valence-corrected chi connectivity index (χ3v) is 13.0. The van der Waals surface area contributed by atoms with Crippen molar-refractivity contribution in [3.05, 3.63) is 149 Å². The predicted molar refractivity (Wildman–Crippen MR) is 241 cm³/mol. The Morgan fingerprint density at radius 2 is 1.42 bits per heavy atom. The van der Waals surface area contributed by atoms with Crippen LogP contribution in [0.4, 0.5) is 0 Å². The van der Waals surface area contributed by atoms with Crippen LogP contribution in [-0.2, 0) is 6.42 Å². The van der Waals surface area contributed by atoms with Crippen molar-refractivity contribution >= 4 is 93.2 Å². The predicted octanol–water partition coefficient (Wildman–Crippen LogP) is 13.9. The molecule has 0 amide bonds. The number of furan rings is 2. The van der Waals surface area contributed by atoms with Gasteiger partial charge in [0.15, 0.2) is 22.8 Å². The van der Waals surface area contributed by atoms with Crippen molar-refractivity contribution in [3.63, 3.8) is 0 Å². The minimum absolute atomic E-state index is 0.467. The summed E-state index contributed by atoms with van der Waals surface area (Å²) in [5, 5.41) is 10.9. The molecule has 0 saturated carbocycles. The van der Waals surface area contributed by atoms with E-state index in [9.17, 15) is 0 Å². The number of hydrogen-bond donors (Lipinski definition) is 0. The van der Waals surface area contributed by atoms with E-state index in [0.717, 1.165) is 118 Å². The van der Waals surface area contributed by atoms with Crippen LogP contribution in [0.1, 0.15) is 35.3 Å². The van der Waals surface area contributed by atoms with Gasteiger partial charge in [0.2, 0.25) is 0 Å². The molecule has 2 aliphatic carbocycles. The number of rotatable bonds is 3. The fourth-order valence-corrected chi connectivity index (χ4v) is 10.5. The molecule has 4 heterocycles. The first-order valence-electron chi connectivity index (χ1n) is 20.5. The van der Waals surface area contributed by atoms with E-state index >= 15 is 0 Å². The maximum absolute atomic E-state index is 7.26. The van der Waals surface area contributed by atoms with E-state index in [1.807, 2.05) is 0 Å². The lowest BCUT2D eigenvalue weighted by atomic mass is 9.79. The fourth-order valence-electron chi connectivity index (χ4n) is 10.5. The molecule has 282 valence electrons. The third-order valence-electron chi connectivity index (χ3n) is 13.0. The average Bonchev–Trinajstić information content (AvgIpc) is 3.95. The van der Waals surface area contributed by atoms with Crippen LogP contribution in [0.2, 0.25) is 0 Å². The van der Waals surface area contributed by atoms with Crippen molar-refractivity contribution in [3.8, 4) is 23.0 Å². The summed E-state index contributed by atoms with van der Waals surface area (Å²) in [4.78, 5) is 11.0. The van der Waals surface area contributed by atoms with Crippen LogP contribution in [-0.4, -0.2) is 21.6 Å². The van der Waals surface area contributed by atoms with Gasteiger partial charge in [-0.3, -0.25) is 4.57 Å². The van der Waals surface area contributed by atoms with Crippen LogP contribution >= 0.6 is 0 Å². The van der Waals surface area contributed by atoms with Crippen LogP contribution in [0.15, 0.2) is 136 Å². The molecule has 4 aromatic heterocycles. The summed E-state index contributed by atoms with van der Waals surface area (Å²) >= 11 is 0. The van der Waals surface area contributed by atoms with E-state index < -0.39 is 0 Å². The molecule has 1 unspecified atom stereocenters. The zero-order chi connectivity index (χ0) is 39.1. The van der Waals surface area contributed by atoms with Crippen LogP contribution in [0.5, 0.6) is 5.75 Å². The van der Waals surface area contributed by atoms with Gasteiger partial charge in [-0.15, -0.1) is 0 Å². The lowest BCUT2D eigenvalue weighted by Gasteiger charge is -2.24. The molecule has 0 aliphatic heterocycles. The zero-order valence-corrected chi connectivity index (χ0v) is 32.9. The molecule has 13 rings (SSSR count). The summed E-state index contributed by atoms with van der Waals surface area (Å²) < 4.78 is 22.8. The zero-order valence-electron chi connectivity index (χ0n) is 32.9. The van der Waals surface area contributed by atoms with Gasteiger partial charge in [0.1, 0.15) is 22.6 Å². The Morgan fingerprint density at radius 3 is 2.24 bits per heavy atom. The van der Waals surface area contributed by atoms with Gasteiger partial charge in [0, 0.05) is 38.1 Å². The Morgan fingerprint density at radius 1 is 0.678 bits per heavy atom. The summed E-state index contributed by atoms with van der Waals surface area (Å²) in [6, 6.07) is 38.8. The number of nitrogens with zero attached hydrogens (tertiary/aromatic N) is 3. The van der Waals surface area contributed by atoms with Gasteiger partial charge in [-0.1, -0.05) is 108 Å². The fraction of sp³-hybridized carbons (Fsp3) is 0.132. The van der Waals surface area contributed by atoms with Crippen LogP contribution in [0, 0.1) is 19.8 Å². The van der Waals surface area contributed by atoms with Crippen molar-refractivity contribution in [1.29, 1.82) is 0 Å². The second kappa shape index (κ2) is 11.9. The van der Waals surface area contributed by atoms with Gasteiger partial charge >= 0.3 is 0 Å². The van der Waals surface area contributed by atoms with Crippen LogP contribution in [0.25, 0.3) is 110 Å². The van der Waals surface area contributed by atoms with E-state index in [2.05, 4.69) is 146 Å². The van der Waals surface area contributed by atoms with Crippen molar-refractivity contribution < 1.29 is 13.6 Å². The Balaban J connectivity index is 1.30. The summed E-state index contributed by atoms with van der Waals surface area (Å²) in [5.41, 5.74) is 10.9. The monoisotopic (exact) mass is 763 g/mol. The number of fused-ring (bicyclic) bond motifs is 18. The molecule has 6 heteroatoms. The molecule has 11 aromatic rings. The number of hydrogen-bond acceptors (Lipinski definition) is 5. The molecular formula is C53H37N3O3. The second-order valence-electron chi connectivity index (χ2n) is 16.5. The average molecular weight is 764 g/mol. The minimum atomic E-state index is 0.467. The Labute approximate surface area is 338 Å². The third kappa shape index (κ3) is 4.51. The minimum Gasteiger partial charge on any atom is -0.496 e. The van der Waals surface area contributed by atoms with E-state index in [4.69, 9.17) is 23.5 Å². The van der Waals surface area contributed by atoms with Gasteiger partial charge in [-0.2, -0.15) is 0 Å². The van der Waals surface area contributed by atoms with Crippen molar-refractivity contribution in [1.82, 2.24) is 14.5 Å². The van der Waals surface area contributed by atoms with E-state index in [0.29, 0.717) is 23.1 Å². The number of allylic oxidation sites excluding steroid dienone is 3. The highest BCUT2D eigenvalue weighted by atomic mass is 16.5. The molecule has 0 N–H and O–H groups in total. The lowest BCUT2D eigenvalue weighted by molar-refractivity contribution is 0.420. The highest BCUT2D eigenvalue weighted by molar-refractivity contribution is 6.35. The largest absolute Gasteiger partial charge is 0.496 e. The highest BCUT2D eigenvalue weighted by Crippen LogP contribution is 2.51. The molecule has 7 aromatic carbocycles. The standard InChI is InChI=1S/C53H37N3O3/c1-28-22-29(2)24-33(23-28)52-54-47-46-34-15-7-6-12-30(34)20-21-41(46)58-51(47)53(55-52)56-48-38-19-11-8-16-35(38)42(57-3)27-40(48)44-36-17-9-10-18-37(36)45-39-25-31-13-4-5-14-32(31)26-43(39)59-50(45)49(44)56/h5-12,14-24,26-27,31H,4,13,25H2,1-3H3. The van der Waals surface area contributed by atoms with Gasteiger partial charge < -0.3 is 13.6 Å².